The molecule has 0 radical (unpaired) electrons. The van der Waals surface area contributed by atoms with Crippen molar-refractivity contribution in [2.45, 2.75) is 12.4 Å². The van der Waals surface area contributed by atoms with Crippen molar-refractivity contribution >= 4 is 51.4 Å². The molecule has 0 aliphatic carbocycles. The summed E-state index contributed by atoms with van der Waals surface area (Å²) in [6.07, 6.45) is 1.57. The molecule has 3 rings (SSSR count). The molecule has 32 heavy (non-hydrogen) atoms. The highest BCUT2D eigenvalue weighted by molar-refractivity contribution is 9.10. The van der Waals surface area contributed by atoms with Gasteiger partial charge in [-0.2, -0.15) is 5.10 Å². The van der Waals surface area contributed by atoms with Crippen LogP contribution in [0.5, 0.6) is 11.5 Å². The van der Waals surface area contributed by atoms with Crippen molar-refractivity contribution in [2.75, 3.05) is 12.9 Å². The molecule has 166 valence electrons. The predicted molar refractivity (Wildman–Crippen MR) is 135 cm³/mol. The van der Waals surface area contributed by atoms with Crippen molar-refractivity contribution in [3.63, 3.8) is 0 Å². The lowest BCUT2D eigenvalue weighted by Gasteiger charge is -2.11. The van der Waals surface area contributed by atoms with Crippen LogP contribution < -0.4 is 14.9 Å². The van der Waals surface area contributed by atoms with Crippen LogP contribution in [0.15, 0.2) is 76.3 Å². The van der Waals surface area contributed by atoms with Crippen LogP contribution >= 0.6 is 39.3 Å². The topological polar surface area (TPSA) is 59.9 Å². The average Bonchev–Trinajstić information content (AvgIpc) is 2.80. The number of thioether (sulfide) groups is 1. The lowest BCUT2D eigenvalue weighted by molar-refractivity contribution is -0.118. The highest BCUT2D eigenvalue weighted by atomic mass is 79.9. The molecule has 8 heteroatoms. The molecule has 0 aliphatic heterocycles. The highest BCUT2D eigenvalue weighted by Crippen LogP contribution is 2.28. The molecule has 3 aromatic carbocycles. The molecule has 0 heterocycles. The molecule has 0 bridgehead atoms. The summed E-state index contributed by atoms with van der Waals surface area (Å²) in [5, 5.41) is 4.73. The number of amides is 1. The van der Waals surface area contributed by atoms with Crippen molar-refractivity contribution in [2.24, 2.45) is 5.10 Å². The molecular weight excluding hydrogens is 512 g/mol. The number of rotatable bonds is 10. The largest absolute Gasteiger partial charge is 0.493 e. The monoisotopic (exact) mass is 532 g/mol. The molecule has 1 amide bonds. The SMILES string of the molecule is COc1cc(/C=N\NC(=O)CSCc2ccc(Cl)cc2)ccc1OCc1ccc(Br)cc1. The van der Waals surface area contributed by atoms with Crippen LogP contribution in [0.4, 0.5) is 0 Å². The maximum absolute atomic E-state index is 12.0. The van der Waals surface area contributed by atoms with Crippen molar-refractivity contribution in [3.05, 3.63) is 92.9 Å². The van der Waals surface area contributed by atoms with E-state index in [2.05, 4.69) is 26.5 Å². The molecular formula is C24H22BrClN2O3S. The number of methoxy groups -OCH3 is 1. The number of carbonyl (C=O) groups excluding carboxylic acids is 1. The summed E-state index contributed by atoms with van der Waals surface area (Å²) in [5.41, 5.74) is 5.50. The first kappa shape index (κ1) is 24.2. The van der Waals surface area contributed by atoms with Gasteiger partial charge in [-0.25, -0.2) is 5.43 Å². The van der Waals surface area contributed by atoms with Gasteiger partial charge in [-0.15, -0.1) is 11.8 Å². The van der Waals surface area contributed by atoms with E-state index in [1.807, 2.05) is 66.7 Å². The smallest absolute Gasteiger partial charge is 0.250 e. The molecule has 0 unspecified atom stereocenters. The number of nitrogens with zero attached hydrogens (tertiary/aromatic N) is 1. The lowest BCUT2D eigenvalue weighted by atomic mass is 10.2. The maximum atomic E-state index is 12.0. The average molecular weight is 534 g/mol. The fourth-order valence-corrected chi connectivity index (χ4v) is 3.85. The van der Waals surface area contributed by atoms with Crippen LogP contribution in [0.3, 0.4) is 0 Å². The van der Waals surface area contributed by atoms with Gasteiger partial charge < -0.3 is 9.47 Å². The van der Waals surface area contributed by atoms with Gasteiger partial charge in [0, 0.05) is 15.2 Å². The Bertz CT molecular complexity index is 1060. The van der Waals surface area contributed by atoms with Gasteiger partial charge in [0.15, 0.2) is 11.5 Å². The van der Waals surface area contributed by atoms with E-state index in [-0.39, 0.29) is 5.91 Å². The van der Waals surface area contributed by atoms with Gasteiger partial charge in [-0.3, -0.25) is 4.79 Å². The fraction of sp³-hybridized carbons (Fsp3) is 0.167. The third-order valence-corrected chi connectivity index (χ3v) is 6.10. The quantitative estimate of drug-likeness (QED) is 0.254. The molecule has 0 spiro atoms. The number of hydrogen-bond donors (Lipinski definition) is 1. The Kier molecular flexibility index (Phi) is 9.46. The molecule has 1 N–H and O–H groups in total. The normalized spacial score (nSPS) is 10.8. The van der Waals surface area contributed by atoms with Gasteiger partial charge in [-0.1, -0.05) is 51.8 Å². The van der Waals surface area contributed by atoms with E-state index in [0.29, 0.717) is 28.9 Å². The van der Waals surface area contributed by atoms with Gasteiger partial charge in [0.05, 0.1) is 19.1 Å². The van der Waals surface area contributed by atoms with Crippen LogP contribution in [-0.4, -0.2) is 25.0 Å². The predicted octanol–water partition coefficient (Wildman–Crippen LogP) is 6.07. The number of hydrogen-bond acceptors (Lipinski definition) is 5. The van der Waals surface area contributed by atoms with Crippen molar-refractivity contribution in [1.82, 2.24) is 5.43 Å². The molecule has 0 saturated heterocycles. The van der Waals surface area contributed by atoms with E-state index < -0.39 is 0 Å². The first-order chi connectivity index (χ1) is 15.5. The number of carbonyl (C=O) groups is 1. The van der Waals surface area contributed by atoms with Gasteiger partial charge in [0.25, 0.3) is 0 Å². The first-order valence-electron chi connectivity index (χ1n) is 9.73. The highest BCUT2D eigenvalue weighted by Gasteiger charge is 2.06. The van der Waals surface area contributed by atoms with Crippen molar-refractivity contribution < 1.29 is 14.3 Å². The molecule has 0 saturated carbocycles. The van der Waals surface area contributed by atoms with Gasteiger partial charge in [-0.05, 0) is 59.2 Å². The number of ether oxygens (including phenoxy) is 2. The zero-order chi connectivity index (χ0) is 22.8. The maximum Gasteiger partial charge on any atom is 0.250 e. The molecule has 0 atom stereocenters. The minimum atomic E-state index is -0.165. The van der Waals surface area contributed by atoms with Crippen LogP contribution in [0.25, 0.3) is 0 Å². The molecule has 5 nitrogen and oxygen atoms in total. The lowest BCUT2D eigenvalue weighted by Crippen LogP contribution is -2.19. The summed E-state index contributed by atoms with van der Waals surface area (Å²) >= 11 is 10.8. The van der Waals surface area contributed by atoms with Crippen molar-refractivity contribution in [3.8, 4) is 11.5 Å². The Morgan fingerprint density at radius 3 is 2.50 bits per heavy atom. The third kappa shape index (κ3) is 7.89. The van der Waals surface area contributed by atoms with Gasteiger partial charge >= 0.3 is 0 Å². The summed E-state index contributed by atoms with van der Waals surface area (Å²) in [5.74, 6) is 2.10. The Balaban J connectivity index is 1.46. The van der Waals surface area contributed by atoms with Crippen LogP contribution in [0.2, 0.25) is 5.02 Å². The summed E-state index contributed by atoms with van der Waals surface area (Å²) in [7, 11) is 1.59. The minimum absolute atomic E-state index is 0.165. The first-order valence-corrected chi connectivity index (χ1v) is 12.1. The zero-order valence-corrected chi connectivity index (χ0v) is 20.5. The molecule has 0 aromatic heterocycles. The Hall–Kier alpha value is -2.48. The third-order valence-electron chi connectivity index (χ3n) is 4.31. The fourth-order valence-electron chi connectivity index (χ4n) is 2.68. The minimum Gasteiger partial charge on any atom is -0.493 e. The Morgan fingerprint density at radius 2 is 1.78 bits per heavy atom. The van der Waals surface area contributed by atoms with E-state index in [1.54, 1.807) is 13.3 Å². The van der Waals surface area contributed by atoms with Crippen LogP contribution in [0, 0.1) is 0 Å². The van der Waals surface area contributed by atoms with E-state index in [9.17, 15) is 4.79 Å². The van der Waals surface area contributed by atoms with E-state index >= 15 is 0 Å². The number of halogens is 2. The number of benzene rings is 3. The van der Waals surface area contributed by atoms with E-state index in [4.69, 9.17) is 21.1 Å². The van der Waals surface area contributed by atoms with Crippen LogP contribution in [0.1, 0.15) is 16.7 Å². The van der Waals surface area contributed by atoms with Gasteiger partial charge in [0.1, 0.15) is 6.61 Å². The molecule has 0 fully saturated rings. The van der Waals surface area contributed by atoms with E-state index in [0.717, 1.165) is 26.9 Å². The Morgan fingerprint density at radius 1 is 1.06 bits per heavy atom. The van der Waals surface area contributed by atoms with Crippen LogP contribution in [-0.2, 0) is 17.2 Å². The number of nitrogens with one attached hydrogen (secondary N) is 1. The number of hydrazone groups is 1. The second-order valence-corrected chi connectivity index (χ2v) is 9.08. The summed E-state index contributed by atoms with van der Waals surface area (Å²) in [6.45, 7) is 0.431. The summed E-state index contributed by atoms with van der Waals surface area (Å²) in [4.78, 5) is 12.0. The molecule has 0 aliphatic rings. The zero-order valence-electron chi connectivity index (χ0n) is 17.4. The second-order valence-electron chi connectivity index (χ2n) is 6.74. The summed E-state index contributed by atoms with van der Waals surface area (Å²) in [6, 6.07) is 21.0. The second kappa shape index (κ2) is 12.5. The summed E-state index contributed by atoms with van der Waals surface area (Å²) < 4.78 is 12.3. The van der Waals surface area contributed by atoms with Crippen molar-refractivity contribution in [1.29, 1.82) is 0 Å². The van der Waals surface area contributed by atoms with Gasteiger partial charge in [0.2, 0.25) is 5.91 Å². The Labute approximate surface area is 205 Å². The standard InChI is InChI=1S/C24H22BrClN2O3S/c1-30-23-12-19(6-11-22(23)31-14-17-2-7-20(25)8-3-17)13-27-28-24(29)16-32-15-18-4-9-21(26)10-5-18/h2-13H,14-16H2,1H3,(H,28,29)/b27-13-. The molecule has 3 aromatic rings. The van der Waals surface area contributed by atoms with E-state index in [1.165, 1.54) is 11.8 Å².